The van der Waals surface area contributed by atoms with Crippen molar-refractivity contribution in [3.05, 3.63) is 42.2 Å². The first-order valence-electron chi connectivity index (χ1n) is 11.4. The van der Waals surface area contributed by atoms with E-state index in [1.807, 2.05) is 30.3 Å². The Morgan fingerprint density at radius 1 is 1.20 bits per heavy atom. The average molecular weight is 501 g/mol. The fraction of sp³-hybridized carbons (Fsp3) is 0.417. The third-order valence-corrected chi connectivity index (χ3v) is 6.39. The summed E-state index contributed by atoms with van der Waals surface area (Å²) in [5, 5.41) is 17.2. The molecule has 10 nitrogen and oxygen atoms in total. The van der Waals surface area contributed by atoms with Crippen LogP contribution in [0, 0.1) is 0 Å². The lowest BCUT2D eigenvalue weighted by Gasteiger charge is -2.39. The van der Waals surface area contributed by atoms with Crippen molar-refractivity contribution in [3.63, 3.8) is 0 Å². The van der Waals surface area contributed by atoms with E-state index in [4.69, 9.17) is 9.47 Å². The number of fused-ring (bicyclic) bond motifs is 2. The maximum Gasteiger partial charge on any atom is 0.263 e. The SMILES string of the molecule is COc1ccc2nccc(N3CCC(O)(CCNCc4ccc5c(n4)NC(=O)CO5)CC3)c2n1.Cl. The minimum atomic E-state index is -0.720. The summed E-state index contributed by atoms with van der Waals surface area (Å²) in [6.07, 6.45) is 3.78. The van der Waals surface area contributed by atoms with E-state index < -0.39 is 5.60 Å². The molecule has 0 atom stereocenters. The van der Waals surface area contributed by atoms with Crippen LogP contribution in [0.3, 0.4) is 0 Å². The average Bonchev–Trinajstić information content (AvgIpc) is 2.86. The maximum absolute atomic E-state index is 11.5. The molecule has 11 heteroatoms. The number of amides is 1. The van der Waals surface area contributed by atoms with Crippen molar-refractivity contribution in [3.8, 4) is 11.6 Å². The first-order chi connectivity index (χ1) is 16.5. The van der Waals surface area contributed by atoms with Crippen molar-refractivity contribution in [2.24, 2.45) is 0 Å². The Hall–Kier alpha value is -3.21. The van der Waals surface area contributed by atoms with Gasteiger partial charge in [-0.05, 0) is 50.1 Å². The second-order valence-corrected chi connectivity index (χ2v) is 8.68. The molecular formula is C24H29ClN6O4. The highest BCUT2D eigenvalue weighted by molar-refractivity contribution is 5.94. The second-order valence-electron chi connectivity index (χ2n) is 8.68. The molecule has 35 heavy (non-hydrogen) atoms. The van der Waals surface area contributed by atoms with E-state index in [9.17, 15) is 9.90 Å². The Bertz CT molecular complexity index is 1200. The second kappa shape index (κ2) is 10.6. The number of rotatable bonds is 7. The Morgan fingerprint density at radius 2 is 2.03 bits per heavy atom. The van der Waals surface area contributed by atoms with Gasteiger partial charge in [0.15, 0.2) is 18.2 Å². The van der Waals surface area contributed by atoms with Crippen molar-refractivity contribution >= 4 is 40.9 Å². The number of anilines is 2. The first kappa shape index (κ1) is 24.9. The topological polar surface area (TPSA) is 122 Å². The molecule has 0 aromatic carbocycles. The number of hydrogen-bond acceptors (Lipinski definition) is 9. The molecule has 2 aliphatic heterocycles. The molecule has 3 aromatic heterocycles. The van der Waals surface area contributed by atoms with E-state index in [-0.39, 0.29) is 24.9 Å². The highest BCUT2D eigenvalue weighted by Gasteiger charge is 2.32. The van der Waals surface area contributed by atoms with Crippen LogP contribution in [0.2, 0.25) is 0 Å². The Kier molecular flexibility index (Phi) is 7.54. The van der Waals surface area contributed by atoms with Crippen molar-refractivity contribution in [2.75, 3.05) is 43.6 Å². The number of carbonyl (C=O) groups is 1. The van der Waals surface area contributed by atoms with Gasteiger partial charge >= 0.3 is 0 Å². The summed E-state index contributed by atoms with van der Waals surface area (Å²) < 4.78 is 10.6. The molecular weight excluding hydrogens is 472 g/mol. The van der Waals surface area contributed by atoms with Crippen LogP contribution in [0.1, 0.15) is 25.0 Å². The largest absolute Gasteiger partial charge is 0.481 e. The lowest BCUT2D eigenvalue weighted by molar-refractivity contribution is -0.118. The third kappa shape index (κ3) is 5.55. The van der Waals surface area contributed by atoms with Gasteiger partial charge in [-0.2, -0.15) is 0 Å². The summed E-state index contributed by atoms with van der Waals surface area (Å²) in [6, 6.07) is 9.38. The molecule has 1 fully saturated rings. The zero-order valence-electron chi connectivity index (χ0n) is 19.5. The van der Waals surface area contributed by atoms with Crippen LogP contribution in [0.5, 0.6) is 11.6 Å². The van der Waals surface area contributed by atoms with Gasteiger partial charge in [0, 0.05) is 31.9 Å². The Labute approximate surface area is 209 Å². The van der Waals surface area contributed by atoms with Gasteiger partial charge in [-0.25, -0.2) is 9.97 Å². The number of pyridine rings is 3. The molecule has 0 spiro atoms. The zero-order chi connectivity index (χ0) is 23.5. The van der Waals surface area contributed by atoms with E-state index >= 15 is 0 Å². The molecule has 0 aliphatic carbocycles. The number of ether oxygens (including phenoxy) is 2. The normalized spacial score (nSPS) is 16.6. The summed E-state index contributed by atoms with van der Waals surface area (Å²) in [6.45, 7) is 2.70. The predicted octanol–water partition coefficient (Wildman–Crippen LogP) is 2.30. The number of aliphatic hydroxyl groups is 1. The Balaban J connectivity index is 0.00000289. The van der Waals surface area contributed by atoms with Gasteiger partial charge in [0.2, 0.25) is 5.88 Å². The van der Waals surface area contributed by atoms with Crippen LogP contribution in [-0.4, -0.2) is 64.9 Å². The zero-order valence-corrected chi connectivity index (χ0v) is 20.3. The third-order valence-electron chi connectivity index (χ3n) is 6.39. The summed E-state index contributed by atoms with van der Waals surface area (Å²) >= 11 is 0. The van der Waals surface area contributed by atoms with Crippen molar-refractivity contribution < 1.29 is 19.4 Å². The molecule has 3 aromatic rings. The van der Waals surface area contributed by atoms with Gasteiger partial charge in [-0.15, -0.1) is 12.4 Å². The van der Waals surface area contributed by atoms with Crippen LogP contribution in [0.25, 0.3) is 11.0 Å². The molecule has 0 unspecified atom stereocenters. The summed E-state index contributed by atoms with van der Waals surface area (Å²) in [7, 11) is 1.60. The number of nitrogens with one attached hydrogen (secondary N) is 2. The highest BCUT2D eigenvalue weighted by Crippen LogP contribution is 2.32. The van der Waals surface area contributed by atoms with E-state index in [0.717, 1.165) is 35.5 Å². The van der Waals surface area contributed by atoms with Crippen LogP contribution in [0.15, 0.2) is 36.5 Å². The summed E-state index contributed by atoms with van der Waals surface area (Å²) in [5.41, 5.74) is 2.73. The summed E-state index contributed by atoms with van der Waals surface area (Å²) in [4.78, 5) is 27.2. The van der Waals surface area contributed by atoms with E-state index in [2.05, 4.69) is 30.5 Å². The number of methoxy groups -OCH3 is 1. The minimum Gasteiger partial charge on any atom is -0.481 e. The maximum atomic E-state index is 11.5. The van der Waals surface area contributed by atoms with E-state index in [1.54, 1.807) is 13.3 Å². The molecule has 2 aliphatic rings. The number of piperidine rings is 1. The highest BCUT2D eigenvalue weighted by atomic mass is 35.5. The smallest absolute Gasteiger partial charge is 0.263 e. The predicted molar refractivity (Wildman–Crippen MR) is 134 cm³/mol. The van der Waals surface area contributed by atoms with Crippen LogP contribution < -0.4 is 25.0 Å². The molecule has 1 saturated heterocycles. The molecule has 0 bridgehead atoms. The van der Waals surface area contributed by atoms with Crippen LogP contribution in [-0.2, 0) is 11.3 Å². The fourth-order valence-corrected chi connectivity index (χ4v) is 4.42. The molecule has 0 saturated carbocycles. The van der Waals surface area contributed by atoms with Crippen LogP contribution >= 0.6 is 12.4 Å². The lowest BCUT2D eigenvalue weighted by Crippen LogP contribution is -2.45. The molecule has 186 valence electrons. The van der Waals surface area contributed by atoms with Crippen molar-refractivity contribution in [1.82, 2.24) is 20.3 Å². The van der Waals surface area contributed by atoms with Crippen molar-refractivity contribution in [1.29, 1.82) is 0 Å². The minimum absolute atomic E-state index is 0. The molecule has 5 rings (SSSR count). The summed E-state index contributed by atoms with van der Waals surface area (Å²) in [5.74, 6) is 1.40. The standard InChI is InChI=1S/C24H28N6O4.ClH/c1-33-21-5-3-17-22(29-21)18(6-10-26-17)30-12-8-24(32,9-13-30)7-11-25-14-16-2-4-19-23(27-16)28-20(31)15-34-19;/h2-6,10,25,32H,7-9,11-15H2,1H3,(H,27,28,31);1H. The number of halogens is 1. The number of carbonyl (C=O) groups excluding carboxylic acids is 1. The van der Waals surface area contributed by atoms with Gasteiger partial charge in [0.25, 0.3) is 5.91 Å². The molecule has 0 radical (unpaired) electrons. The lowest BCUT2D eigenvalue weighted by atomic mass is 9.88. The van der Waals surface area contributed by atoms with Crippen molar-refractivity contribution in [2.45, 2.75) is 31.4 Å². The van der Waals surface area contributed by atoms with Gasteiger partial charge < -0.3 is 30.1 Å². The van der Waals surface area contributed by atoms with Gasteiger partial charge in [0.1, 0.15) is 5.52 Å². The van der Waals surface area contributed by atoms with Gasteiger partial charge in [0.05, 0.1) is 29.6 Å². The van der Waals surface area contributed by atoms with E-state index in [1.165, 1.54) is 0 Å². The molecule has 5 heterocycles. The van der Waals surface area contributed by atoms with Crippen LogP contribution in [0.4, 0.5) is 11.5 Å². The monoisotopic (exact) mass is 500 g/mol. The number of aromatic nitrogens is 3. The Morgan fingerprint density at radius 3 is 2.83 bits per heavy atom. The quantitative estimate of drug-likeness (QED) is 0.419. The molecule has 3 N–H and O–H groups in total. The van der Waals surface area contributed by atoms with Gasteiger partial charge in [-0.3, -0.25) is 9.78 Å². The van der Waals surface area contributed by atoms with Gasteiger partial charge in [-0.1, -0.05) is 0 Å². The first-order valence-corrected chi connectivity index (χ1v) is 11.4. The molecule has 1 amide bonds. The fourth-order valence-electron chi connectivity index (χ4n) is 4.42. The number of nitrogens with zero attached hydrogens (tertiary/aromatic N) is 4. The number of hydrogen-bond donors (Lipinski definition) is 3. The van der Waals surface area contributed by atoms with E-state index in [0.29, 0.717) is 49.8 Å².